The number of nitrogens with two attached hydrogens (primary N) is 1. The smallest absolute Gasteiger partial charge is 0.124 e. The molecule has 5 heteroatoms. The molecule has 0 aliphatic carbocycles. The average Bonchev–Trinajstić information content (AvgIpc) is 2.58. The van der Waals surface area contributed by atoms with Gasteiger partial charge in [0.25, 0.3) is 0 Å². The summed E-state index contributed by atoms with van der Waals surface area (Å²) in [5.74, 6) is 1.13. The first-order valence-electron chi connectivity index (χ1n) is 8.40. The number of aliphatic hydroxyl groups excluding tert-OH is 1. The van der Waals surface area contributed by atoms with Crippen LogP contribution in [-0.4, -0.2) is 16.3 Å². The van der Waals surface area contributed by atoms with E-state index in [1.54, 1.807) is 18.2 Å². The minimum absolute atomic E-state index is 0. The molecule has 0 saturated carbocycles. The molecule has 0 heterocycles. The summed E-state index contributed by atoms with van der Waals surface area (Å²) in [5.41, 5.74) is 7.69. The number of halogens is 1. The van der Waals surface area contributed by atoms with Crippen LogP contribution in [0.25, 0.3) is 0 Å². The van der Waals surface area contributed by atoms with Crippen LogP contribution >= 0.6 is 12.4 Å². The molecule has 138 valence electrons. The van der Waals surface area contributed by atoms with Crippen molar-refractivity contribution in [1.82, 2.24) is 0 Å². The molecular formula is C20H28ClNO3. The van der Waals surface area contributed by atoms with Gasteiger partial charge in [0.2, 0.25) is 0 Å². The predicted octanol–water partition coefficient (Wildman–Crippen LogP) is 4.19. The fourth-order valence-electron chi connectivity index (χ4n) is 2.53. The van der Waals surface area contributed by atoms with Crippen molar-refractivity contribution in [3.63, 3.8) is 0 Å². The number of aromatic hydroxyl groups is 1. The highest BCUT2D eigenvalue weighted by Gasteiger charge is 2.20. The molecule has 0 bridgehead atoms. The second kappa shape index (κ2) is 10.3. The van der Waals surface area contributed by atoms with Crippen molar-refractivity contribution < 1.29 is 14.9 Å². The highest BCUT2D eigenvalue weighted by Crippen LogP contribution is 2.30. The molecule has 2 rings (SSSR count). The third-order valence-electron chi connectivity index (χ3n) is 4.06. The molecule has 2 aromatic carbocycles. The van der Waals surface area contributed by atoms with Crippen LogP contribution in [0.15, 0.2) is 48.5 Å². The van der Waals surface area contributed by atoms with Crippen LogP contribution in [0.1, 0.15) is 43.9 Å². The molecule has 4 N–H and O–H groups in total. The lowest BCUT2D eigenvalue weighted by Crippen LogP contribution is -2.26. The number of benzene rings is 2. The second-order valence-corrected chi connectivity index (χ2v) is 6.56. The Balaban J connectivity index is 0.00000312. The van der Waals surface area contributed by atoms with Gasteiger partial charge in [0.1, 0.15) is 18.1 Å². The van der Waals surface area contributed by atoms with Gasteiger partial charge >= 0.3 is 0 Å². The molecule has 0 aliphatic heterocycles. The summed E-state index contributed by atoms with van der Waals surface area (Å²) < 4.78 is 5.68. The van der Waals surface area contributed by atoms with Crippen molar-refractivity contribution >= 4 is 12.4 Å². The molecule has 0 unspecified atom stereocenters. The van der Waals surface area contributed by atoms with Crippen LogP contribution < -0.4 is 10.5 Å². The maximum Gasteiger partial charge on any atom is 0.124 e. The Kier molecular flexibility index (Phi) is 8.76. The molecule has 0 aromatic heterocycles. The van der Waals surface area contributed by atoms with Gasteiger partial charge in [-0.15, -0.1) is 12.4 Å². The molecular weight excluding hydrogens is 338 g/mol. The fourth-order valence-corrected chi connectivity index (χ4v) is 2.53. The van der Waals surface area contributed by atoms with Crippen molar-refractivity contribution in [2.75, 3.05) is 0 Å². The van der Waals surface area contributed by atoms with E-state index >= 15 is 0 Å². The molecule has 2 aromatic rings. The number of aliphatic hydroxyl groups is 1. The Bertz CT molecular complexity index is 634. The van der Waals surface area contributed by atoms with Crippen molar-refractivity contribution in [2.24, 2.45) is 11.7 Å². The third kappa shape index (κ3) is 6.58. The third-order valence-corrected chi connectivity index (χ3v) is 4.06. The molecule has 4 nitrogen and oxygen atoms in total. The Morgan fingerprint density at radius 2 is 1.72 bits per heavy atom. The molecule has 0 fully saturated rings. The van der Waals surface area contributed by atoms with Gasteiger partial charge in [-0.2, -0.15) is 0 Å². The zero-order valence-corrected chi connectivity index (χ0v) is 15.6. The van der Waals surface area contributed by atoms with Crippen LogP contribution in [0.4, 0.5) is 0 Å². The highest BCUT2D eigenvalue weighted by atomic mass is 35.5. The summed E-state index contributed by atoms with van der Waals surface area (Å²) in [4.78, 5) is 0. The van der Waals surface area contributed by atoms with Crippen molar-refractivity contribution in [3.05, 3.63) is 59.7 Å². The van der Waals surface area contributed by atoms with Gasteiger partial charge in [-0.1, -0.05) is 44.2 Å². The summed E-state index contributed by atoms with van der Waals surface area (Å²) in [6.07, 6.45) is 0.840. The van der Waals surface area contributed by atoms with E-state index in [-0.39, 0.29) is 18.2 Å². The SMILES string of the molecule is CC(C)CC[C@@H](O)[C@@H](N)c1ccc(OCc2ccccc2)cc1O.Cl. The predicted molar refractivity (Wildman–Crippen MR) is 103 cm³/mol. The van der Waals surface area contributed by atoms with Gasteiger partial charge in [0, 0.05) is 11.6 Å². The van der Waals surface area contributed by atoms with Crippen molar-refractivity contribution in [2.45, 2.75) is 45.4 Å². The van der Waals surface area contributed by atoms with E-state index in [0.717, 1.165) is 12.0 Å². The number of phenolic OH excluding ortho intramolecular Hbond substituents is 1. The van der Waals surface area contributed by atoms with Crippen LogP contribution in [-0.2, 0) is 6.61 Å². The van der Waals surface area contributed by atoms with Gasteiger partial charge in [0.15, 0.2) is 0 Å². The standard InChI is InChI=1S/C20H27NO3.ClH/c1-14(2)8-11-18(22)20(21)17-10-9-16(12-19(17)23)24-13-15-6-4-3-5-7-15;/h3-7,9-10,12,14,18,20,22-23H,8,11,13,21H2,1-2H3;1H/t18-,20+;/m1./s1. The first-order chi connectivity index (χ1) is 11.5. The second-order valence-electron chi connectivity index (χ2n) is 6.56. The maximum atomic E-state index is 10.2. The van der Waals surface area contributed by atoms with Crippen LogP contribution in [0.5, 0.6) is 11.5 Å². The molecule has 0 saturated heterocycles. The van der Waals surface area contributed by atoms with E-state index in [1.807, 2.05) is 30.3 Å². The first-order valence-corrected chi connectivity index (χ1v) is 8.40. The van der Waals surface area contributed by atoms with E-state index in [4.69, 9.17) is 10.5 Å². The summed E-state index contributed by atoms with van der Waals surface area (Å²) >= 11 is 0. The monoisotopic (exact) mass is 365 g/mol. The van der Waals surface area contributed by atoms with Crippen molar-refractivity contribution in [3.8, 4) is 11.5 Å². The number of phenols is 1. The molecule has 25 heavy (non-hydrogen) atoms. The topological polar surface area (TPSA) is 75.7 Å². The number of ether oxygens (including phenoxy) is 1. The highest BCUT2D eigenvalue weighted by molar-refractivity contribution is 5.85. The average molecular weight is 366 g/mol. The van der Waals surface area contributed by atoms with E-state index in [2.05, 4.69) is 13.8 Å². The Hall–Kier alpha value is -1.75. The van der Waals surface area contributed by atoms with Crippen LogP contribution in [0.3, 0.4) is 0 Å². The van der Waals surface area contributed by atoms with Crippen molar-refractivity contribution in [1.29, 1.82) is 0 Å². The normalized spacial score (nSPS) is 13.2. The van der Waals surface area contributed by atoms with E-state index in [9.17, 15) is 10.2 Å². The molecule has 0 spiro atoms. The lowest BCUT2D eigenvalue weighted by atomic mass is 9.95. The largest absolute Gasteiger partial charge is 0.507 e. The van der Waals surface area contributed by atoms with Crippen LogP contribution in [0, 0.1) is 5.92 Å². The van der Waals surface area contributed by atoms with E-state index in [1.165, 1.54) is 0 Å². The van der Waals surface area contributed by atoms with Crippen LogP contribution in [0.2, 0.25) is 0 Å². The Labute approximate surface area is 156 Å². The first kappa shape index (κ1) is 21.3. The quantitative estimate of drug-likeness (QED) is 0.655. The molecule has 0 aliphatic rings. The summed E-state index contributed by atoms with van der Waals surface area (Å²) in [6.45, 7) is 4.64. The lowest BCUT2D eigenvalue weighted by molar-refractivity contribution is 0.127. The summed E-state index contributed by atoms with van der Waals surface area (Å²) in [7, 11) is 0. The molecule has 2 atom stereocenters. The zero-order chi connectivity index (χ0) is 17.5. The minimum Gasteiger partial charge on any atom is -0.507 e. The molecule has 0 radical (unpaired) electrons. The van der Waals surface area contributed by atoms with E-state index < -0.39 is 12.1 Å². The number of rotatable bonds is 8. The Morgan fingerprint density at radius 3 is 2.32 bits per heavy atom. The minimum atomic E-state index is -0.672. The van der Waals surface area contributed by atoms with Gasteiger partial charge in [0.05, 0.1) is 12.1 Å². The lowest BCUT2D eigenvalue weighted by Gasteiger charge is -2.21. The Morgan fingerprint density at radius 1 is 1.04 bits per heavy atom. The number of hydrogen-bond donors (Lipinski definition) is 3. The van der Waals surface area contributed by atoms with Gasteiger partial charge in [-0.05, 0) is 36.5 Å². The van der Waals surface area contributed by atoms with Gasteiger partial charge < -0.3 is 20.7 Å². The van der Waals surface area contributed by atoms with E-state index in [0.29, 0.717) is 30.3 Å². The van der Waals surface area contributed by atoms with Gasteiger partial charge in [-0.3, -0.25) is 0 Å². The maximum absolute atomic E-state index is 10.2. The number of hydrogen-bond acceptors (Lipinski definition) is 4. The fraction of sp³-hybridized carbons (Fsp3) is 0.400. The zero-order valence-electron chi connectivity index (χ0n) is 14.8. The molecule has 0 amide bonds. The van der Waals surface area contributed by atoms with Gasteiger partial charge in [-0.25, -0.2) is 0 Å². The summed E-state index contributed by atoms with van der Waals surface area (Å²) in [6, 6.07) is 14.3. The summed E-state index contributed by atoms with van der Waals surface area (Å²) in [5, 5.41) is 20.4.